The number of rotatable bonds is 10. The summed E-state index contributed by atoms with van der Waals surface area (Å²) in [5, 5.41) is 0. The maximum Gasteiger partial charge on any atom is 0.342 e. The Kier molecular flexibility index (Phi) is 9.50. The maximum absolute atomic E-state index is 12.5. The summed E-state index contributed by atoms with van der Waals surface area (Å²) in [5.74, 6) is -0.843. The van der Waals surface area contributed by atoms with Crippen molar-refractivity contribution in [2.75, 3.05) is 33.4 Å². The number of carbonyl (C=O) groups is 3. The highest BCUT2D eigenvalue weighted by molar-refractivity contribution is 5.99. The topological polar surface area (TPSA) is 101 Å². The summed E-state index contributed by atoms with van der Waals surface area (Å²) in [6.45, 7) is 12.0. The van der Waals surface area contributed by atoms with Gasteiger partial charge in [-0.25, -0.2) is 4.79 Å². The summed E-state index contributed by atoms with van der Waals surface area (Å²) in [4.78, 5) is 39.5. The van der Waals surface area contributed by atoms with Gasteiger partial charge in [-0.1, -0.05) is 25.5 Å². The Bertz CT molecular complexity index is 1020. The van der Waals surface area contributed by atoms with Crippen molar-refractivity contribution >= 4 is 17.9 Å². The molecule has 36 heavy (non-hydrogen) atoms. The molecular weight excluding hydrogens is 466 g/mol. The quantitative estimate of drug-likeness (QED) is 0.269. The van der Waals surface area contributed by atoms with Crippen molar-refractivity contribution in [3.05, 3.63) is 33.9 Å². The molecule has 0 bridgehead atoms. The summed E-state index contributed by atoms with van der Waals surface area (Å²) >= 11 is 0. The smallest absolute Gasteiger partial charge is 0.342 e. The van der Waals surface area contributed by atoms with Crippen molar-refractivity contribution in [1.82, 2.24) is 4.90 Å². The van der Waals surface area contributed by atoms with Gasteiger partial charge in [0.2, 0.25) is 0 Å². The third kappa shape index (κ3) is 6.44. The lowest BCUT2D eigenvalue weighted by Gasteiger charge is -2.31. The number of hydrogen-bond acceptors (Lipinski definition) is 9. The summed E-state index contributed by atoms with van der Waals surface area (Å²) < 4.78 is 27.6. The lowest BCUT2D eigenvalue weighted by Crippen LogP contribution is -2.44. The van der Waals surface area contributed by atoms with Gasteiger partial charge in [0.25, 0.3) is 0 Å². The average Bonchev–Trinajstić information content (AvgIpc) is 3.25. The third-order valence-electron chi connectivity index (χ3n) is 6.54. The van der Waals surface area contributed by atoms with E-state index in [2.05, 4.69) is 4.90 Å². The normalized spacial score (nSPS) is 17.0. The SMILES string of the molecule is COc1c(C)c2c(c(OC(=O)C(C)C)c1C/C=C(\C)CCC(=O)OC(C)N1CCOCC1)C(=O)OC2. The maximum atomic E-state index is 12.5. The second-order valence-corrected chi connectivity index (χ2v) is 9.46. The number of methoxy groups -OCH3 is 1. The molecule has 1 fully saturated rings. The number of cyclic esters (lactones) is 1. The third-order valence-corrected chi connectivity index (χ3v) is 6.54. The Morgan fingerprint density at radius 1 is 1.11 bits per heavy atom. The van der Waals surface area contributed by atoms with Gasteiger partial charge < -0.3 is 23.7 Å². The van der Waals surface area contributed by atoms with E-state index in [0.717, 1.165) is 24.2 Å². The fourth-order valence-electron chi connectivity index (χ4n) is 4.28. The molecule has 0 spiro atoms. The van der Waals surface area contributed by atoms with Gasteiger partial charge in [-0.2, -0.15) is 0 Å². The van der Waals surface area contributed by atoms with Crippen molar-refractivity contribution in [3.63, 3.8) is 0 Å². The van der Waals surface area contributed by atoms with Crippen LogP contribution >= 0.6 is 0 Å². The molecule has 3 rings (SSSR count). The van der Waals surface area contributed by atoms with Gasteiger partial charge in [0, 0.05) is 30.6 Å². The molecule has 198 valence electrons. The molecule has 2 aliphatic rings. The van der Waals surface area contributed by atoms with Gasteiger partial charge in [-0.15, -0.1) is 0 Å². The van der Waals surface area contributed by atoms with Gasteiger partial charge >= 0.3 is 17.9 Å². The van der Waals surface area contributed by atoms with Crippen molar-refractivity contribution in [2.45, 2.75) is 66.7 Å². The van der Waals surface area contributed by atoms with Crippen molar-refractivity contribution < 1.29 is 38.1 Å². The zero-order chi connectivity index (χ0) is 26.4. The molecule has 0 N–H and O–H groups in total. The fourth-order valence-corrected chi connectivity index (χ4v) is 4.28. The van der Waals surface area contributed by atoms with Gasteiger partial charge in [0.15, 0.2) is 12.0 Å². The molecule has 0 radical (unpaired) electrons. The Labute approximate surface area is 212 Å². The van der Waals surface area contributed by atoms with Gasteiger partial charge in [0.05, 0.1) is 26.2 Å². The average molecular weight is 504 g/mol. The van der Waals surface area contributed by atoms with E-state index in [0.29, 0.717) is 42.9 Å². The van der Waals surface area contributed by atoms with E-state index >= 15 is 0 Å². The second-order valence-electron chi connectivity index (χ2n) is 9.46. The second kappa shape index (κ2) is 12.4. The first kappa shape index (κ1) is 27.7. The van der Waals surface area contributed by atoms with Gasteiger partial charge in [-0.3, -0.25) is 14.5 Å². The fraction of sp³-hybridized carbons (Fsp3) is 0.593. The Balaban J connectivity index is 1.74. The minimum Gasteiger partial charge on any atom is -0.496 e. The Morgan fingerprint density at radius 2 is 1.81 bits per heavy atom. The molecule has 0 saturated carbocycles. The molecule has 0 aliphatic carbocycles. The highest BCUT2D eigenvalue weighted by Gasteiger charge is 2.34. The minimum atomic E-state index is -0.513. The van der Waals surface area contributed by atoms with Gasteiger partial charge in [0.1, 0.15) is 17.9 Å². The minimum absolute atomic E-state index is 0.114. The number of fused-ring (bicyclic) bond motifs is 1. The van der Waals surface area contributed by atoms with Crippen molar-refractivity contribution in [1.29, 1.82) is 0 Å². The van der Waals surface area contributed by atoms with E-state index in [9.17, 15) is 14.4 Å². The number of morpholine rings is 1. The van der Waals surface area contributed by atoms with Crippen LogP contribution in [0.25, 0.3) is 0 Å². The molecule has 2 heterocycles. The first-order valence-corrected chi connectivity index (χ1v) is 12.4. The summed E-state index contributed by atoms with van der Waals surface area (Å²) in [7, 11) is 1.55. The number of hydrogen-bond donors (Lipinski definition) is 0. The van der Waals surface area contributed by atoms with E-state index in [-0.39, 0.29) is 42.5 Å². The van der Waals surface area contributed by atoms with E-state index in [4.69, 9.17) is 23.7 Å². The predicted octanol–water partition coefficient (Wildman–Crippen LogP) is 3.73. The van der Waals surface area contributed by atoms with Crippen LogP contribution in [-0.2, 0) is 36.8 Å². The van der Waals surface area contributed by atoms with Crippen LogP contribution in [0.5, 0.6) is 11.5 Å². The van der Waals surface area contributed by atoms with Crippen molar-refractivity contribution in [2.24, 2.45) is 5.92 Å². The van der Waals surface area contributed by atoms with Gasteiger partial charge in [-0.05, 0) is 39.2 Å². The number of carbonyl (C=O) groups excluding carboxylic acids is 3. The van der Waals surface area contributed by atoms with Crippen LogP contribution in [0.15, 0.2) is 11.6 Å². The predicted molar refractivity (Wildman–Crippen MR) is 132 cm³/mol. The first-order chi connectivity index (χ1) is 17.1. The molecule has 1 aromatic rings. The summed E-state index contributed by atoms with van der Waals surface area (Å²) in [6, 6.07) is 0. The van der Waals surface area contributed by atoms with E-state index < -0.39 is 11.9 Å². The van der Waals surface area contributed by atoms with E-state index in [1.165, 1.54) is 0 Å². The molecule has 9 heteroatoms. The largest absolute Gasteiger partial charge is 0.496 e. The van der Waals surface area contributed by atoms with E-state index in [1.54, 1.807) is 21.0 Å². The lowest BCUT2D eigenvalue weighted by molar-refractivity contribution is -0.161. The van der Waals surface area contributed by atoms with Crippen LogP contribution in [0.1, 0.15) is 67.6 Å². The number of ether oxygens (including phenoxy) is 5. The van der Waals surface area contributed by atoms with Crippen LogP contribution < -0.4 is 9.47 Å². The molecule has 0 amide bonds. The number of nitrogens with zero attached hydrogens (tertiary/aromatic N) is 1. The lowest BCUT2D eigenvalue weighted by atomic mass is 9.94. The number of allylic oxidation sites excluding steroid dienone is 2. The zero-order valence-electron chi connectivity index (χ0n) is 22.1. The molecule has 0 aromatic heterocycles. The Morgan fingerprint density at radius 3 is 2.44 bits per heavy atom. The van der Waals surface area contributed by atoms with Crippen molar-refractivity contribution in [3.8, 4) is 11.5 Å². The zero-order valence-corrected chi connectivity index (χ0v) is 22.1. The van der Waals surface area contributed by atoms with Crippen LogP contribution in [0, 0.1) is 12.8 Å². The summed E-state index contributed by atoms with van der Waals surface area (Å²) in [6.07, 6.45) is 2.79. The first-order valence-electron chi connectivity index (χ1n) is 12.4. The molecular formula is C27H37NO8. The number of esters is 3. The van der Waals surface area contributed by atoms with Crippen LogP contribution in [0.2, 0.25) is 0 Å². The monoisotopic (exact) mass is 503 g/mol. The molecule has 1 atom stereocenters. The Hall–Kier alpha value is -2.91. The highest BCUT2D eigenvalue weighted by atomic mass is 16.6. The molecule has 1 unspecified atom stereocenters. The molecule has 9 nitrogen and oxygen atoms in total. The van der Waals surface area contributed by atoms with Crippen LogP contribution in [0.3, 0.4) is 0 Å². The molecule has 1 aromatic carbocycles. The molecule has 2 aliphatic heterocycles. The molecule has 1 saturated heterocycles. The van der Waals surface area contributed by atoms with E-state index in [1.807, 2.05) is 26.8 Å². The summed E-state index contributed by atoms with van der Waals surface area (Å²) in [5.41, 5.74) is 3.30. The number of benzene rings is 1. The standard InChI is InChI=1S/C27H37NO8/c1-16(2)26(30)36-25-20(24(32-6)18(4)21-15-34-27(31)23(21)25)9-7-17(3)8-10-22(29)35-19(5)28-11-13-33-14-12-28/h7,16,19H,8-15H2,1-6H3/b17-7+. The van der Waals surface area contributed by atoms with Crippen LogP contribution in [-0.4, -0.2) is 62.4 Å². The highest BCUT2D eigenvalue weighted by Crippen LogP contribution is 2.43. The van der Waals surface area contributed by atoms with Crippen LogP contribution in [0.4, 0.5) is 0 Å².